The van der Waals surface area contributed by atoms with Crippen LogP contribution in [-0.2, 0) is 5.75 Å². The van der Waals surface area contributed by atoms with Crippen molar-refractivity contribution in [3.05, 3.63) is 71.0 Å². The van der Waals surface area contributed by atoms with Crippen molar-refractivity contribution in [1.82, 2.24) is 14.9 Å². The monoisotopic (exact) mass is 401 g/mol. The van der Waals surface area contributed by atoms with Gasteiger partial charge in [-0.15, -0.1) is 10.2 Å². The summed E-state index contributed by atoms with van der Waals surface area (Å²) >= 11 is 7.47. The maximum atomic E-state index is 9.01. The number of nitrogens with zero attached hydrogens (tertiary/aromatic N) is 5. The Morgan fingerprint density at radius 3 is 2.63 bits per heavy atom. The van der Waals surface area contributed by atoms with Crippen molar-refractivity contribution in [3.8, 4) is 0 Å². The number of thioether (sulfide) groups is 1. The highest BCUT2D eigenvalue weighted by Gasteiger charge is 2.05. The van der Waals surface area contributed by atoms with Gasteiger partial charge in [-0.25, -0.2) is 0 Å². The molecule has 2 aromatic carbocycles. The van der Waals surface area contributed by atoms with Gasteiger partial charge >= 0.3 is 0 Å². The highest BCUT2D eigenvalue weighted by Crippen LogP contribution is 2.21. The lowest BCUT2D eigenvalue weighted by Crippen LogP contribution is -2.20. The minimum atomic E-state index is 0.129. The smallest absolute Gasteiger partial charge is 0.212 e. The SMILES string of the molecule is CN(CCO)c1ccc(/C=N/n2cnnc2SCc2ccc(Cl)cc2)cc1. The molecule has 3 aromatic rings. The number of rotatable bonds is 8. The zero-order valence-corrected chi connectivity index (χ0v) is 16.4. The van der Waals surface area contributed by atoms with E-state index in [2.05, 4.69) is 15.3 Å². The summed E-state index contributed by atoms with van der Waals surface area (Å²) < 4.78 is 1.66. The third-order valence-corrected chi connectivity index (χ3v) is 5.14. The van der Waals surface area contributed by atoms with Gasteiger partial charge in [-0.3, -0.25) is 0 Å². The second kappa shape index (κ2) is 9.55. The topological polar surface area (TPSA) is 66.5 Å². The lowest BCUT2D eigenvalue weighted by atomic mass is 10.2. The molecule has 140 valence electrons. The molecule has 0 spiro atoms. The average molecular weight is 402 g/mol. The largest absolute Gasteiger partial charge is 0.395 e. The molecule has 0 aliphatic carbocycles. The van der Waals surface area contributed by atoms with Gasteiger partial charge in [-0.05, 0) is 35.4 Å². The number of halogens is 1. The molecule has 0 fully saturated rings. The highest BCUT2D eigenvalue weighted by molar-refractivity contribution is 7.98. The molecule has 0 unspecified atom stereocenters. The summed E-state index contributed by atoms with van der Waals surface area (Å²) in [7, 11) is 1.95. The van der Waals surface area contributed by atoms with Crippen molar-refractivity contribution in [2.45, 2.75) is 10.9 Å². The Hall–Kier alpha value is -2.35. The zero-order chi connectivity index (χ0) is 19.1. The van der Waals surface area contributed by atoms with Crippen LogP contribution in [0, 0.1) is 0 Å². The van der Waals surface area contributed by atoms with Crippen LogP contribution in [0.4, 0.5) is 5.69 Å². The van der Waals surface area contributed by atoms with Crippen molar-refractivity contribution in [2.24, 2.45) is 5.10 Å². The maximum absolute atomic E-state index is 9.01. The average Bonchev–Trinajstić information content (AvgIpc) is 3.14. The second-order valence-corrected chi connectivity index (χ2v) is 7.23. The van der Waals surface area contributed by atoms with E-state index in [1.54, 1.807) is 29.0 Å². The Balaban J connectivity index is 1.62. The van der Waals surface area contributed by atoms with Crippen LogP contribution in [0.5, 0.6) is 0 Å². The standard InChI is InChI=1S/C19H20ClN5OS/c1-24(10-11-26)18-8-4-15(5-9-18)12-22-25-14-21-23-19(25)27-13-16-2-6-17(20)7-3-16/h2-9,12,14,26H,10-11,13H2,1H3/b22-12+. The van der Waals surface area contributed by atoms with Gasteiger partial charge in [0.15, 0.2) is 0 Å². The van der Waals surface area contributed by atoms with Crippen LogP contribution >= 0.6 is 23.4 Å². The van der Waals surface area contributed by atoms with Gasteiger partial charge in [-0.1, -0.05) is 47.6 Å². The van der Waals surface area contributed by atoms with Crippen LogP contribution in [0.2, 0.25) is 5.02 Å². The molecule has 0 atom stereocenters. The van der Waals surface area contributed by atoms with Gasteiger partial charge < -0.3 is 10.0 Å². The van der Waals surface area contributed by atoms with E-state index in [4.69, 9.17) is 16.7 Å². The first kappa shape index (κ1) is 19.4. The molecule has 0 saturated heterocycles. The molecule has 0 saturated carbocycles. The summed E-state index contributed by atoms with van der Waals surface area (Å²) in [5.74, 6) is 0.761. The third-order valence-electron chi connectivity index (χ3n) is 3.88. The Bertz CT molecular complexity index is 880. The Labute approximate surface area is 167 Å². The summed E-state index contributed by atoms with van der Waals surface area (Å²) in [5.41, 5.74) is 3.17. The van der Waals surface area contributed by atoms with Gasteiger partial charge in [0.25, 0.3) is 0 Å². The molecule has 0 aliphatic heterocycles. The quantitative estimate of drug-likeness (QED) is 0.462. The minimum absolute atomic E-state index is 0.129. The molecule has 1 N–H and O–H groups in total. The molecular weight excluding hydrogens is 382 g/mol. The van der Waals surface area contributed by atoms with E-state index in [1.165, 1.54) is 0 Å². The summed E-state index contributed by atoms with van der Waals surface area (Å²) in [6.45, 7) is 0.728. The van der Waals surface area contributed by atoms with Crippen LogP contribution in [0.25, 0.3) is 0 Å². The summed E-state index contributed by atoms with van der Waals surface area (Å²) in [6.07, 6.45) is 3.36. The van der Waals surface area contributed by atoms with Crippen LogP contribution in [0.3, 0.4) is 0 Å². The first-order valence-electron chi connectivity index (χ1n) is 8.39. The van der Waals surface area contributed by atoms with Gasteiger partial charge in [0.2, 0.25) is 5.16 Å². The molecule has 0 radical (unpaired) electrons. The number of hydrogen-bond donors (Lipinski definition) is 1. The fourth-order valence-electron chi connectivity index (χ4n) is 2.34. The van der Waals surface area contributed by atoms with Crippen molar-refractivity contribution < 1.29 is 5.11 Å². The van der Waals surface area contributed by atoms with E-state index in [-0.39, 0.29) is 6.61 Å². The Morgan fingerprint density at radius 1 is 1.19 bits per heavy atom. The lowest BCUT2D eigenvalue weighted by molar-refractivity contribution is 0.304. The molecule has 3 rings (SSSR count). The van der Waals surface area contributed by atoms with E-state index in [1.807, 2.05) is 60.5 Å². The Kier molecular flexibility index (Phi) is 6.86. The first-order valence-corrected chi connectivity index (χ1v) is 9.76. The van der Waals surface area contributed by atoms with E-state index < -0.39 is 0 Å². The summed E-state index contributed by atoms with van der Waals surface area (Å²) in [4.78, 5) is 1.99. The molecule has 0 aliphatic rings. The van der Waals surface area contributed by atoms with Crippen LogP contribution in [0.1, 0.15) is 11.1 Å². The third kappa shape index (κ3) is 5.56. The van der Waals surface area contributed by atoms with Gasteiger partial charge in [0.05, 0.1) is 12.8 Å². The molecule has 1 aromatic heterocycles. The number of aliphatic hydroxyl groups is 1. The van der Waals surface area contributed by atoms with Gasteiger partial charge in [0, 0.05) is 30.1 Å². The molecule has 0 amide bonds. The predicted molar refractivity (Wildman–Crippen MR) is 111 cm³/mol. The zero-order valence-electron chi connectivity index (χ0n) is 14.9. The normalized spacial score (nSPS) is 11.2. The van der Waals surface area contributed by atoms with Crippen molar-refractivity contribution in [2.75, 3.05) is 25.1 Å². The Morgan fingerprint density at radius 2 is 1.93 bits per heavy atom. The number of aromatic nitrogens is 3. The number of anilines is 1. The van der Waals surface area contributed by atoms with Crippen LogP contribution in [-0.4, -0.2) is 46.4 Å². The molecule has 6 nitrogen and oxygen atoms in total. The molecule has 8 heteroatoms. The maximum Gasteiger partial charge on any atom is 0.212 e. The van der Waals surface area contributed by atoms with Gasteiger partial charge in [0.1, 0.15) is 6.33 Å². The molecule has 1 heterocycles. The lowest BCUT2D eigenvalue weighted by Gasteiger charge is -2.17. The van der Waals surface area contributed by atoms with Gasteiger partial charge in [-0.2, -0.15) is 9.78 Å². The predicted octanol–water partition coefficient (Wildman–Crippen LogP) is 3.53. The van der Waals surface area contributed by atoms with E-state index in [0.717, 1.165) is 32.7 Å². The number of hydrogen-bond acceptors (Lipinski definition) is 6. The van der Waals surface area contributed by atoms with Crippen molar-refractivity contribution in [3.63, 3.8) is 0 Å². The number of benzene rings is 2. The van der Waals surface area contributed by atoms with Crippen LogP contribution in [0.15, 0.2) is 65.1 Å². The van der Waals surface area contributed by atoms with Crippen molar-refractivity contribution in [1.29, 1.82) is 0 Å². The summed E-state index contributed by atoms with van der Waals surface area (Å²) in [5, 5.41) is 23.0. The van der Waals surface area contributed by atoms with E-state index >= 15 is 0 Å². The number of aliphatic hydroxyl groups excluding tert-OH is 1. The second-order valence-electron chi connectivity index (χ2n) is 5.85. The van der Waals surface area contributed by atoms with Crippen LogP contribution < -0.4 is 4.90 Å². The first-order chi connectivity index (χ1) is 13.2. The molecular formula is C19H20ClN5OS. The molecule has 27 heavy (non-hydrogen) atoms. The molecule has 0 bridgehead atoms. The minimum Gasteiger partial charge on any atom is -0.395 e. The van der Waals surface area contributed by atoms with E-state index in [9.17, 15) is 0 Å². The number of likely N-dealkylation sites (N-methyl/N-ethyl adjacent to an activating group) is 1. The summed E-state index contributed by atoms with van der Waals surface area (Å²) in [6, 6.07) is 15.7. The highest BCUT2D eigenvalue weighted by atomic mass is 35.5. The van der Waals surface area contributed by atoms with E-state index in [0.29, 0.717) is 6.54 Å². The fourth-order valence-corrected chi connectivity index (χ4v) is 3.29. The van der Waals surface area contributed by atoms with Crippen molar-refractivity contribution >= 4 is 35.3 Å². The fraction of sp³-hybridized carbons (Fsp3) is 0.211.